The number of aryl methyl sites for hydroxylation is 1. The summed E-state index contributed by atoms with van der Waals surface area (Å²) < 4.78 is 5.00. The lowest BCUT2D eigenvalue weighted by atomic mass is 10.2. The molecule has 2 aromatic heterocycles. The first-order valence-corrected chi connectivity index (χ1v) is 6.72. The second-order valence-corrected chi connectivity index (χ2v) is 5.15. The zero-order valence-electron chi connectivity index (χ0n) is 10.4. The molecule has 0 aliphatic rings. The quantitative estimate of drug-likeness (QED) is 0.785. The summed E-state index contributed by atoms with van der Waals surface area (Å²) in [5, 5.41) is 9.01. The van der Waals surface area contributed by atoms with E-state index in [2.05, 4.69) is 27.0 Å². The van der Waals surface area contributed by atoms with Crippen molar-refractivity contribution in [3.63, 3.8) is 0 Å². The van der Waals surface area contributed by atoms with E-state index in [1.54, 1.807) is 6.07 Å². The number of benzene rings is 1. The molecule has 0 bridgehead atoms. The van der Waals surface area contributed by atoms with Gasteiger partial charge in [-0.25, -0.2) is 4.98 Å². The summed E-state index contributed by atoms with van der Waals surface area (Å²) in [7, 11) is 1.97. The summed E-state index contributed by atoms with van der Waals surface area (Å²) in [5.41, 5.74) is 9.19. The summed E-state index contributed by atoms with van der Waals surface area (Å²) in [6.07, 6.45) is 0.778. The minimum absolute atomic E-state index is 0.584. The Hall–Kier alpha value is -1.84. The lowest BCUT2D eigenvalue weighted by Gasteiger charge is -2.00. The second-order valence-electron chi connectivity index (χ2n) is 4.40. The first kappa shape index (κ1) is 12.2. The zero-order valence-corrected chi connectivity index (χ0v) is 12.0. The van der Waals surface area contributed by atoms with Gasteiger partial charge >= 0.3 is 0 Å². The average Bonchev–Trinajstić information content (AvgIpc) is 2.90. The molecule has 3 rings (SSSR count). The first-order chi connectivity index (χ1) is 9.17. The number of fused-ring (bicyclic) bond motifs is 3. The SMILES string of the molecule is Cn1c(CCN)c(Br)n2c3cc(C#N)ccc3nc12. The molecule has 2 N–H and O–H groups in total. The maximum atomic E-state index is 9.01. The van der Waals surface area contributed by atoms with Gasteiger partial charge in [-0.15, -0.1) is 0 Å². The standard InChI is InChI=1S/C13H12BrN5/c1-18-10(4-5-15)12(14)19-11-6-8(7-16)2-3-9(11)17-13(18)19/h2-3,6H,4-5,15H2,1H3. The molecule has 0 amide bonds. The molecule has 96 valence electrons. The van der Waals surface area contributed by atoms with Crippen molar-refractivity contribution in [2.24, 2.45) is 12.8 Å². The van der Waals surface area contributed by atoms with Crippen LogP contribution in [0.4, 0.5) is 0 Å². The number of aromatic nitrogens is 3. The molecule has 3 aromatic rings. The van der Waals surface area contributed by atoms with Crippen LogP contribution in [0.5, 0.6) is 0 Å². The molecule has 19 heavy (non-hydrogen) atoms. The lowest BCUT2D eigenvalue weighted by molar-refractivity contribution is 0.816. The highest BCUT2D eigenvalue weighted by molar-refractivity contribution is 9.10. The van der Waals surface area contributed by atoms with E-state index in [-0.39, 0.29) is 0 Å². The molecule has 1 aromatic carbocycles. The van der Waals surface area contributed by atoms with Crippen LogP contribution < -0.4 is 5.73 Å². The maximum Gasteiger partial charge on any atom is 0.215 e. The van der Waals surface area contributed by atoms with Gasteiger partial charge in [0.25, 0.3) is 0 Å². The molecule has 5 nitrogen and oxygen atoms in total. The Labute approximate surface area is 118 Å². The number of hydrogen-bond donors (Lipinski definition) is 1. The fourth-order valence-corrected chi connectivity index (χ4v) is 3.16. The normalized spacial score (nSPS) is 11.3. The smallest absolute Gasteiger partial charge is 0.215 e. The Bertz CT molecular complexity index is 821. The van der Waals surface area contributed by atoms with Gasteiger partial charge in [-0.05, 0) is 40.7 Å². The van der Waals surface area contributed by atoms with Crippen molar-refractivity contribution >= 4 is 32.7 Å². The van der Waals surface area contributed by atoms with Crippen LogP contribution in [-0.2, 0) is 13.5 Å². The molecule has 0 saturated heterocycles. The molecular weight excluding hydrogens is 306 g/mol. The fourth-order valence-electron chi connectivity index (χ4n) is 2.35. The highest BCUT2D eigenvalue weighted by Crippen LogP contribution is 2.27. The molecule has 0 unspecified atom stereocenters. The van der Waals surface area contributed by atoms with Gasteiger partial charge in [0.2, 0.25) is 5.78 Å². The van der Waals surface area contributed by atoms with E-state index < -0.39 is 0 Å². The average molecular weight is 318 g/mol. The van der Waals surface area contributed by atoms with Crippen molar-refractivity contribution in [2.45, 2.75) is 6.42 Å². The molecular formula is C13H12BrN5. The molecule has 0 fully saturated rings. The highest BCUT2D eigenvalue weighted by atomic mass is 79.9. The van der Waals surface area contributed by atoms with Crippen molar-refractivity contribution in [3.8, 4) is 6.07 Å². The number of rotatable bonds is 2. The van der Waals surface area contributed by atoms with Gasteiger partial charge in [0.15, 0.2) is 0 Å². The van der Waals surface area contributed by atoms with Gasteiger partial charge in [-0.3, -0.25) is 4.40 Å². The topological polar surface area (TPSA) is 72.0 Å². The van der Waals surface area contributed by atoms with Crippen molar-refractivity contribution in [2.75, 3.05) is 6.54 Å². The van der Waals surface area contributed by atoms with Crippen LogP contribution in [-0.4, -0.2) is 20.5 Å². The van der Waals surface area contributed by atoms with Gasteiger partial charge in [0.1, 0.15) is 4.60 Å². The van der Waals surface area contributed by atoms with E-state index in [0.29, 0.717) is 12.1 Å². The van der Waals surface area contributed by atoms with E-state index in [1.165, 1.54) is 0 Å². The third-order valence-electron chi connectivity index (χ3n) is 3.29. The summed E-state index contributed by atoms with van der Waals surface area (Å²) in [5.74, 6) is 0.848. The van der Waals surface area contributed by atoms with Crippen LogP contribution >= 0.6 is 15.9 Å². The van der Waals surface area contributed by atoms with Crippen LogP contribution in [0.15, 0.2) is 22.8 Å². The molecule has 0 aliphatic carbocycles. The second kappa shape index (κ2) is 4.37. The summed E-state index contributed by atoms with van der Waals surface area (Å²) in [6.45, 7) is 0.584. The van der Waals surface area contributed by atoms with E-state index in [1.807, 2.05) is 28.1 Å². The Balaban J connectivity index is 2.42. The van der Waals surface area contributed by atoms with Crippen LogP contribution in [0.3, 0.4) is 0 Å². The van der Waals surface area contributed by atoms with Gasteiger partial charge in [-0.1, -0.05) is 0 Å². The van der Waals surface area contributed by atoms with Crippen LogP contribution in [0.25, 0.3) is 16.8 Å². The highest BCUT2D eigenvalue weighted by Gasteiger charge is 2.17. The Kier molecular flexibility index (Phi) is 2.81. The van der Waals surface area contributed by atoms with Gasteiger partial charge in [0, 0.05) is 13.5 Å². The Morgan fingerprint density at radius 3 is 2.95 bits per heavy atom. The Morgan fingerprint density at radius 2 is 2.26 bits per heavy atom. The van der Waals surface area contributed by atoms with E-state index in [9.17, 15) is 0 Å². The number of imidazole rings is 2. The summed E-state index contributed by atoms with van der Waals surface area (Å²) >= 11 is 3.61. The zero-order chi connectivity index (χ0) is 13.6. The first-order valence-electron chi connectivity index (χ1n) is 5.92. The minimum Gasteiger partial charge on any atom is -0.330 e. The molecule has 2 heterocycles. The third kappa shape index (κ3) is 1.66. The predicted octanol–water partition coefficient (Wildman–Crippen LogP) is 1.96. The fraction of sp³-hybridized carbons (Fsp3) is 0.231. The number of nitrogens with zero attached hydrogens (tertiary/aromatic N) is 4. The van der Waals surface area contributed by atoms with E-state index in [0.717, 1.165) is 33.5 Å². The van der Waals surface area contributed by atoms with Crippen LogP contribution in [0.1, 0.15) is 11.3 Å². The van der Waals surface area contributed by atoms with E-state index >= 15 is 0 Å². The molecule has 6 heteroatoms. The molecule has 0 aliphatic heterocycles. The summed E-state index contributed by atoms with van der Waals surface area (Å²) in [4.78, 5) is 4.60. The predicted molar refractivity (Wildman–Crippen MR) is 76.8 cm³/mol. The maximum absolute atomic E-state index is 9.01. The number of nitriles is 1. The minimum atomic E-state index is 0.584. The Morgan fingerprint density at radius 1 is 1.47 bits per heavy atom. The van der Waals surface area contributed by atoms with E-state index in [4.69, 9.17) is 11.0 Å². The van der Waals surface area contributed by atoms with Crippen molar-refractivity contribution in [1.82, 2.24) is 14.0 Å². The third-order valence-corrected chi connectivity index (χ3v) is 4.10. The molecule has 0 spiro atoms. The van der Waals surface area contributed by atoms with Gasteiger partial charge < -0.3 is 10.3 Å². The number of halogens is 1. The van der Waals surface area contributed by atoms with Gasteiger partial charge in [-0.2, -0.15) is 5.26 Å². The van der Waals surface area contributed by atoms with Crippen molar-refractivity contribution < 1.29 is 0 Å². The van der Waals surface area contributed by atoms with Gasteiger partial charge in [0.05, 0.1) is 28.4 Å². The van der Waals surface area contributed by atoms with Crippen LogP contribution in [0, 0.1) is 11.3 Å². The molecule has 0 saturated carbocycles. The van der Waals surface area contributed by atoms with Crippen molar-refractivity contribution in [3.05, 3.63) is 34.1 Å². The largest absolute Gasteiger partial charge is 0.330 e. The van der Waals surface area contributed by atoms with Crippen LogP contribution in [0.2, 0.25) is 0 Å². The number of nitrogens with two attached hydrogens (primary N) is 1. The monoisotopic (exact) mass is 317 g/mol. The number of hydrogen-bond acceptors (Lipinski definition) is 3. The molecule has 0 atom stereocenters. The molecule has 0 radical (unpaired) electrons. The summed E-state index contributed by atoms with van der Waals surface area (Å²) in [6, 6.07) is 7.66. The van der Waals surface area contributed by atoms with Crippen molar-refractivity contribution in [1.29, 1.82) is 5.26 Å². The lowest BCUT2D eigenvalue weighted by Crippen LogP contribution is -2.07.